The third-order valence-electron chi connectivity index (χ3n) is 4.01. The number of carbonyl (C=O) groups is 1. The minimum absolute atomic E-state index is 0.0429. The van der Waals surface area contributed by atoms with Gasteiger partial charge in [0.2, 0.25) is 0 Å². The van der Waals surface area contributed by atoms with Crippen LogP contribution in [-0.2, 0) is 0 Å². The molecule has 2 aromatic carbocycles. The second-order valence-corrected chi connectivity index (χ2v) is 5.27. The Labute approximate surface area is 125 Å². The molecule has 0 aromatic heterocycles. The average molecular weight is 285 g/mol. The van der Waals surface area contributed by atoms with Crippen LogP contribution < -0.4 is 0 Å². The van der Waals surface area contributed by atoms with E-state index in [1.54, 1.807) is 24.3 Å². The zero-order valence-corrected chi connectivity index (χ0v) is 12.6. The highest BCUT2D eigenvalue weighted by Gasteiger charge is 2.25. The standard InChI is InChI=1S/C18H20FNO/c1-13(16-11-7-8-12-17(16)19)20(3)14(2)18(21)15-9-5-4-6-10-15/h4-14H,1-3H3. The van der Waals surface area contributed by atoms with E-state index in [-0.39, 0.29) is 23.7 Å². The number of hydrogen-bond acceptors (Lipinski definition) is 2. The van der Waals surface area contributed by atoms with Gasteiger partial charge in [-0.2, -0.15) is 0 Å². The summed E-state index contributed by atoms with van der Waals surface area (Å²) in [5.41, 5.74) is 1.28. The van der Waals surface area contributed by atoms with E-state index in [0.717, 1.165) is 0 Å². The number of carbonyl (C=O) groups excluding carboxylic acids is 1. The molecule has 2 atom stereocenters. The SMILES string of the molecule is CC(C(=O)c1ccccc1)N(C)C(C)c1ccccc1F. The van der Waals surface area contributed by atoms with Crippen molar-refractivity contribution in [1.82, 2.24) is 4.90 Å². The molecular formula is C18H20FNO. The van der Waals surface area contributed by atoms with E-state index in [1.165, 1.54) is 6.07 Å². The molecular weight excluding hydrogens is 265 g/mol. The van der Waals surface area contributed by atoms with Gasteiger partial charge in [-0.3, -0.25) is 9.69 Å². The maximum absolute atomic E-state index is 13.9. The third-order valence-corrected chi connectivity index (χ3v) is 4.01. The molecule has 0 aliphatic heterocycles. The lowest BCUT2D eigenvalue weighted by atomic mass is 10.0. The van der Waals surface area contributed by atoms with Gasteiger partial charge < -0.3 is 0 Å². The predicted octanol–water partition coefficient (Wildman–Crippen LogP) is 4.09. The molecule has 0 N–H and O–H groups in total. The number of rotatable bonds is 5. The Morgan fingerprint density at radius 3 is 2.19 bits per heavy atom. The highest BCUT2D eigenvalue weighted by Crippen LogP contribution is 2.24. The molecule has 3 heteroatoms. The van der Waals surface area contributed by atoms with Crippen LogP contribution in [-0.4, -0.2) is 23.8 Å². The Hall–Kier alpha value is -2.00. The largest absolute Gasteiger partial charge is 0.292 e. The summed E-state index contributed by atoms with van der Waals surface area (Å²) in [6.07, 6.45) is 0. The molecule has 110 valence electrons. The quantitative estimate of drug-likeness (QED) is 0.771. The summed E-state index contributed by atoms with van der Waals surface area (Å²) in [5.74, 6) is -0.197. The number of hydrogen-bond donors (Lipinski definition) is 0. The fraction of sp³-hybridized carbons (Fsp3) is 0.278. The van der Waals surface area contributed by atoms with Gasteiger partial charge in [0.25, 0.3) is 0 Å². The van der Waals surface area contributed by atoms with Gasteiger partial charge in [-0.25, -0.2) is 4.39 Å². The van der Waals surface area contributed by atoms with Crippen molar-refractivity contribution >= 4 is 5.78 Å². The van der Waals surface area contributed by atoms with Crippen molar-refractivity contribution in [3.05, 3.63) is 71.5 Å². The van der Waals surface area contributed by atoms with E-state index < -0.39 is 0 Å². The second kappa shape index (κ2) is 6.64. The Balaban J connectivity index is 2.17. The number of ketones is 1. The number of halogens is 1. The molecule has 0 bridgehead atoms. The molecule has 0 radical (unpaired) electrons. The Bertz CT molecular complexity index is 612. The highest BCUT2D eigenvalue weighted by molar-refractivity contribution is 5.99. The lowest BCUT2D eigenvalue weighted by Crippen LogP contribution is -2.38. The molecule has 2 nitrogen and oxygen atoms in total. The van der Waals surface area contributed by atoms with Crippen molar-refractivity contribution in [3.63, 3.8) is 0 Å². The molecule has 0 spiro atoms. The molecule has 0 saturated carbocycles. The zero-order chi connectivity index (χ0) is 15.4. The van der Waals surface area contributed by atoms with Gasteiger partial charge in [0.15, 0.2) is 5.78 Å². The zero-order valence-electron chi connectivity index (χ0n) is 12.6. The monoisotopic (exact) mass is 285 g/mol. The maximum Gasteiger partial charge on any atom is 0.179 e. The topological polar surface area (TPSA) is 20.3 Å². The second-order valence-electron chi connectivity index (χ2n) is 5.27. The number of likely N-dealkylation sites (N-methyl/N-ethyl adjacent to an activating group) is 1. The van der Waals surface area contributed by atoms with Crippen LogP contribution in [0.15, 0.2) is 54.6 Å². The van der Waals surface area contributed by atoms with Crippen molar-refractivity contribution in [2.24, 2.45) is 0 Å². The van der Waals surface area contributed by atoms with Crippen LogP contribution in [0.1, 0.15) is 35.8 Å². The van der Waals surface area contributed by atoms with Crippen LogP contribution in [0.3, 0.4) is 0 Å². The Morgan fingerprint density at radius 2 is 1.57 bits per heavy atom. The first kappa shape index (κ1) is 15.4. The summed E-state index contributed by atoms with van der Waals surface area (Å²) in [5, 5.41) is 0. The predicted molar refractivity (Wildman–Crippen MR) is 82.8 cm³/mol. The summed E-state index contributed by atoms with van der Waals surface area (Å²) in [7, 11) is 1.85. The molecule has 21 heavy (non-hydrogen) atoms. The summed E-state index contributed by atoms with van der Waals surface area (Å²) in [6, 6.07) is 15.4. The maximum atomic E-state index is 13.9. The van der Waals surface area contributed by atoms with Gasteiger partial charge in [-0.1, -0.05) is 48.5 Å². The van der Waals surface area contributed by atoms with E-state index in [1.807, 2.05) is 50.1 Å². The van der Waals surface area contributed by atoms with E-state index in [0.29, 0.717) is 11.1 Å². The van der Waals surface area contributed by atoms with E-state index in [4.69, 9.17) is 0 Å². The van der Waals surface area contributed by atoms with Gasteiger partial charge in [-0.05, 0) is 27.0 Å². The summed E-state index contributed by atoms with van der Waals surface area (Å²) in [6.45, 7) is 3.76. The first-order valence-electron chi connectivity index (χ1n) is 7.08. The van der Waals surface area contributed by atoms with E-state index in [9.17, 15) is 9.18 Å². The highest BCUT2D eigenvalue weighted by atomic mass is 19.1. The molecule has 2 rings (SSSR count). The van der Waals surface area contributed by atoms with Gasteiger partial charge in [0, 0.05) is 17.2 Å². The number of nitrogens with zero attached hydrogens (tertiary/aromatic N) is 1. The van der Waals surface area contributed by atoms with Crippen molar-refractivity contribution < 1.29 is 9.18 Å². The Kier molecular flexibility index (Phi) is 4.86. The van der Waals surface area contributed by atoms with Gasteiger partial charge >= 0.3 is 0 Å². The van der Waals surface area contributed by atoms with E-state index >= 15 is 0 Å². The first-order valence-corrected chi connectivity index (χ1v) is 7.08. The summed E-state index contributed by atoms with van der Waals surface area (Å²) >= 11 is 0. The number of benzene rings is 2. The lowest BCUT2D eigenvalue weighted by molar-refractivity contribution is 0.0824. The Morgan fingerprint density at radius 1 is 1.00 bits per heavy atom. The van der Waals surface area contributed by atoms with E-state index in [2.05, 4.69) is 0 Å². The van der Waals surface area contributed by atoms with Crippen molar-refractivity contribution in [3.8, 4) is 0 Å². The average Bonchev–Trinajstić information content (AvgIpc) is 2.53. The smallest absolute Gasteiger partial charge is 0.179 e. The minimum atomic E-state index is -0.318. The molecule has 0 saturated heterocycles. The summed E-state index contributed by atoms with van der Waals surface area (Å²) in [4.78, 5) is 14.4. The molecule has 0 fully saturated rings. The van der Waals surface area contributed by atoms with Gasteiger partial charge in [0.1, 0.15) is 5.82 Å². The van der Waals surface area contributed by atoms with Gasteiger partial charge in [0.05, 0.1) is 6.04 Å². The normalized spacial score (nSPS) is 14.0. The number of Topliss-reactive ketones (excluding diaryl/α,β-unsaturated/α-hetero) is 1. The first-order chi connectivity index (χ1) is 10.0. The van der Waals surface area contributed by atoms with Crippen molar-refractivity contribution in [2.75, 3.05) is 7.05 Å². The van der Waals surface area contributed by atoms with Crippen LogP contribution in [0.2, 0.25) is 0 Å². The molecule has 0 aliphatic carbocycles. The fourth-order valence-electron chi connectivity index (χ4n) is 2.40. The molecule has 0 aliphatic rings. The van der Waals surface area contributed by atoms with Gasteiger partial charge in [-0.15, -0.1) is 0 Å². The molecule has 2 aromatic rings. The summed E-state index contributed by atoms with van der Waals surface area (Å²) < 4.78 is 13.9. The van der Waals surface area contributed by atoms with Crippen LogP contribution in [0, 0.1) is 5.82 Å². The van der Waals surface area contributed by atoms with Crippen LogP contribution in [0.5, 0.6) is 0 Å². The molecule has 0 heterocycles. The minimum Gasteiger partial charge on any atom is -0.292 e. The third kappa shape index (κ3) is 3.37. The fourth-order valence-corrected chi connectivity index (χ4v) is 2.40. The lowest BCUT2D eigenvalue weighted by Gasteiger charge is -2.30. The molecule has 0 amide bonds. The van der Waals surface area contributed by atoms with Crippen LogP contribution >= 0.6 is 0 Å². The van der Waals surface area contributed by atoms with Crippen LogP contribution in [0.4, 0.5) is 4.39 Å². The van der Waals surface area contributed by atoms with Crippen molar-refractivity contribution in [2.45, 2.75) is 25.9 Å². The molecule has 2 unspecified atom stereocenters. The van der Waals surface area contributed by atoms with Crippen LogP contribution in [0.25, 0.3) is 0 Å². The van der Waals surface area contributed by atoms with Crippen molar-refractivity contribution in [1.29, 1.82) is 0 Å².